The molecular weight excluding hydrogens is 364 g/mol. The van der Waals surface area contributed by atoms with Crippen LogP contribution in [0, 0.1) is 6.92 Å². The van der Waals surface area contributed by atoms with Gasteiger partial charge in [0.2, 0.25) is 5.91 Å². The first-order valence-electron chi connectivity index (χ1n) is 8.77. The molecule has 1 aliphatic heterocycles. The molecule has 144 valence electrons. The molecular formula is C20H24N2O4S. The Balaban J connectivity index is 1.79. The zero-order chi connectivity index (χ0) is 19.4. The minimum absolute atomic E-state index is 0.0523. The molecule has 0 bridgehead atoms. The number of carbonyl (C=O) groups is 2. The van der Waals surface area contributed by atoms with E-state index in [1.807, 2.05) is 24.4 Å². The van der Waals surface area contributed by atoms with Crippen LogP contribution in [0.4, 0.5) is 0 Å². The van der Waals surface area contributed by atoms with Crippen molar-refractivity contribution in [2.45, 2.75) is 19.6 Å². The van der Waals surface area contributed by atoms with Crippen LogP contribution in [0.25, 0.3) is 0 Å². The van der Waals surface area contributed by atoms with Gasteiger partial charge < -0.3 is 14.4 Å². The molecule has 1 aromatic heterocycles. The van der Waals surface area contributed by atoms with Crippen molar-refractivity contribution in [1.82, 2.24) is 9.80 Å². The van der Waals surface area contributed by atoms with Gasteiger partial charge in [-0.1, -0.05) is 17.7 Å². The van der Waals surface area contributed by atoms with Crippen molar-refractivity contribution in [3.63, 3.8) is 0 Å². The molecule has 0 saturated carbocycles. The third-order valence-electron chi connectivity index (χ3n) is 4.60. The SMILES string of the molecule is COC(=O)CN(C)C(=O)CN1Cc2cc(C)ccc2OC(c2ccsc2)C1. The minimum Gasteiger partial charge on any atom is -0.484 e. The molecule has 0 aliphatic carbocycles. The van der Waals surface area contributed by atoms with Gasteiger partial charge >= 0.3 is 5.97 Å². The zero-order valence-electron chi connectivity index (χ0n) is 15.8. The summed E-state index contributed by atoms with van der Waals surface area (Å²) in [6.07, 6.45) is -0.140. The van der Waals surface area contributed by atoms with Crippen LogP contribution in [0.3, 0.4) is 0 Å². The fraction of sp³-hybridized carbons (Fsp3) is 0.400. The van der Waals surface area contributed by atoms with Crippen LogP contribution in [0.2, 0.25) is 0 Å². The van der Waals surface area contributed by atoms with Crippen LogP contribution in [0.15, 0.2) is 35.0 Å². The smallest absolute Gasteiger partial charge is 0.325 e. The van der Waals surface area contributed by atoms with E-state index in [1.54, 1.807) is 18.4 Å². The van der Waals surface area contributed by atoms with E-state index in [0.29, 0.717) is 13.1 Å². The number of rotatable bonds is 5. The van der Waals surface area contributed by atoms with E-state index >= 15 is 0 Å². The van der Waals surface area contributed by atoms with Crippen molar-refractivity contribution < 1.29 is 19.1 Å². The van der Waals surface area contributed by atoms with E-state index in [9.17, 15) is 9.59 Å². The number of fused-ring (bicyclic) bond motifs is 1. The van der Waals surface area contributed by atoms with E-state index in [2.05, 4.69) is 27.1 Å². The lowest BCUT2D eigenvalue weighted by atomic mass is 10.1. The van der Waals surface area contributed by atoms with Gasteiger partial charge in [0.1, 0.15) is 18.4 Å². The third kappa shape index (κ3) is 4.87. The zero-order valence-corrected chi connectivity index (χ0v) is 16.6. The maximum Gasteiger partial charge on any atom is 0.325 e. The number of benzene rings is 1. The van der Waals surface area contributed by atoms with E-state index in [0.717, 1.165) is 22.4 Å². The molecule has 1 aliphatic rings. The topological polar surface area (TPSA) is 59.1 Å². The Morgan fingerprint density at radius 1 is 1.37 bits per heavy atom. The molecule has 0 saturated heterocycles. The highest BCUT2D eigenvalue weighted by atomic mass is 32.1. The summed E-state index contributed by atoms with van der Waals surface area (Å²) in [5, 5.41) is 4.10. The lowest BCUT2D eigenvalue weighted by Gasteiger charge is -2.25. The van der Waals surface area contributed by atoms with Crippen LogP contribution in [0.5, 0.6) is 5.75 Å². The molecule has 6 nitrogen and oxygen atoms in total. The van der Waals surface area contributed by atoms with Crippen LogP contribution >= 0.6 is 11.3 Å². The summed E-state index contributed by atoms with van der Waals surface area (Å²) in [5.41, 5.74) is 3.32. The molecule has 1 amide bonds. The number of nitrogens with zero attached hydrogens (tertiary/aromatic N) is 2. The van der Waals surface area contributed by atoms with Gasteiger partial charge in [0, 0.05) is 31.3 Å². The molecule has 0 radical (unpaired) electrons. The van der Waals surface area contributed by atoms with E-state index in [-0.39, 0.29) is 25.1 Å². The van der Waals surface area contributed by atoms with E-state index in [1.165, 1.54) is 12.0 Å². The lowest BCUT2D eigenvalue weighted by Crippen LogP contribution is -2.41. The Morgan fingerprint density at radius 3 is 2.89 bits per heavy atom. The highest BCUT2D eigenvalue weighted by Crippen LogP contribution is 2.32. The van der Waals surface area contributed by atoms with Crippen molar-refractivity contribution in [2.24, 2.45) is 0 Å². The predicted octanol–water partition coefficient (Wildman–Crippen LogP) is 2.62. The Kier molecular flexibility index (Phi) is 6.13. The minimum atomic E-state index is -0.429. The number of carbonyl (C=O) groups excluding carboxylic acids is 2. The average molecular weight is 388 g/mol. The summed E-state index contributed by atoms with van der Waals surface area (Å²) in [5.74, 6) is 0.303. The molecule has 0 fully saturated rings. The van der Waals surface area contributed by atoms with Crippen molar-refractivity contribution in [3.05, 3.63) is 51.7 Å². The Hall–Kier alpha value is -2.38. The number of likely N-dealkylation sites (N-methyl/N-ethyl adjacent to an activating group) is 1. The molecule has 0 spiro atoms. The molecule has 2 heterocycles. The normalized spacial score (nSPS) is 16.8. The summed E-state index contributed by atoms with van der Waals surface area (Å²) >= 11 is 1.63. The molecule has 27 heavy (non-hydrogen) atoms. The number of methoxy groups -OCH3 is 1. The summed E-state index contributed by atoms with van der Waals surface area (Å²) in [4.78, 5) is 27.5. The maximum absolute atomic E-state index is 12.6. The molecule has 1 aromatic carbocycles. The second-order valence-electron chi connectivity index (χ2n) is 6.77. The molecule has 3 rings (SSSR count). The van der Waals surface area contributed by atoms with Gasteiger partial charge in [-0.25, -0.2) is 0 Å². The first kappa shape index (κ1) is 19.4. The number of esters is 1. The summed E-state index contributed by atoms with van der Waals surface area (Å²) in [7, 11) is 2.93. The standard InChI is InChI=1S/C20H24N2O4S/c1-14-4-5-17-16(8-14)9-22(10-18(26-17)15-6-7-27-13-15)11-19(23)21(2)12-20(24)25-3/h4-8,13,18H,9-12H2,1-3H3. The summed E-state index contributed by atoms with van der Waals surface area (Å²) < 4.78 is 10.9. The largest absolute Gasteiger partial charge is 0.484 e. The fourth-order valence-corrected chi connectivity index (χ4v) is 3.79. The quantitative estimate of drug-likeness (QED) is 0.737. The van der Waals surface area contributed by atoms with Gasteiger partial charge in [-0.2, -0.15) is 11.3 Å². The Bertz CT molecular complexity index is 806. The lowest BCUT2D eigenvalue weighted by molar-refractivity contribution is -0.146. The van der Waals surface area contributed by atoms with Gasteiger partial charge in [0.15, 0.2) is 0 Å². The number of thiophene rings is 1. The maximum atomic E-state index is 12.6. The molecule has 1 unspecified atom stereocenters. The third-order valence-corrected chi connectivity index (χ3v) is 5.30. The van der Waals surface area contributed by atoms with Gasteiger partial charge in [0.05, 0.1) is 13.7 Å². The predicted molar refractivity (Wildman–Crippen MR) is 104 cm³/mol. The van der Waals surface area contributed by atoms with Crippen molar-refractivity contribution >= 4 is 23.2 Å². The number of hydrogen-bond acceptors (Lipinski definition) is 6. The van der Waals surface area contributed by atoms with Crippen LogP contribution in [-0.4, -0.2) is 55.5 Å². The van der Waals surface area contributed by atoms with Crippen molar-refractivity contribution in [1.29, 1.82) is 0 Å². The van der Waals surface area contributed by atoms with Gasteiger partial charge in [-0.05, 0) is 29.8 Å². The first-order valence-corrected chi connectivity index (χ1v) is 9.72. The average Bonchev–Trinajstić information content (AvgIpc) is 3.11. The van der Waals surface area contributed by atoms with Crippen LogP contribution in [0.1, 0.15) is 22.8 Å². The van der Waals surface area contributed by atoms with Crippen molar-refractivity contribution in [2.75, 3.05) is 33.8 Å². The monoisotopic (exact) mass is 388 g/mol. The Labute approximate surface area is 163 Å². The van der Waals surface area contributed by atoms with E-state index in [4.69, 9.17) is 4.74 Å². The summed E-state index contributed by atoms with van der Waals surface area (Å²) in [6.45, 7) is 3.42. The second-order valence-corrected chi connectivity index (χ2v) is 7.55. The molecule has 2 aromatic rings. The number of amides is 1. The molecule has 7 heteroatoms. The fourth-order valence-electron chi connectivity index (χ4n) is 3.09. The Morgan fingerprint density at radius 2 is 2.19 bits per heavy atom. The van der Waals surface area contributed by atoms with Gasteiger partial charge in [-0.3, -0.25) is 14.5 Å². The van der Waals surface area contributed by atoms with Gasteiger partial charge in [-0.15, -0.1) is 0 Å². The number of ether oxygens (including phenoxy) is 2. The van der Waals surface area contributed by atoms with Crippen LogP contribution in [-0.2, 0) is 20.9 Å². The number of hydrogen-bond donors (Lipinski definition) is 0. The second kappa shape index (κ2) is 8.54. The van der Waals surface area contributed by atoms with Crippen LogP contribution < -0.4 is 4.74 Å². The summed E-state index contributed by atoms with van der Waals surface area (Å²) in [6, 6.07) is 8.19. The molecule has 1 atom stereocenters. The molecule has 0 N–H and O–H groups in total. The highest BCUT2D eigenvalue weighted by molar-refractivity contribution is 7.07. The first-order chi connectivity index (χ1) is 13.0. The van der Waals surface area contributed by atoms with Gasteiger partial charge in [0.25, 0.3) is 0 Å². The highest BCUT2D eigenvalue weighted by Gasteiger charge is 2.27. The van der Waals surface area contributed by atoms with E-state index < -0.39 is 5.97 Å². The number of aryl methyl sites for hydroxylation is 1. The van der Waals surface area contributed by atoms with Crippen molar-refractivity contribution in [3.8, 4) is 5.75 Å².